The normalized spacial score (nSPS) is 11.8. The van der Waals surface area contributed by atoms with E-state index in [1.807, 2.05) is 0 Å². The third-order valence-corrected chi connectivity index (χ3v) is 2.98. The summed E-state index contributed by atoms with van der Waals surface area (Å²) in [6, 6.07) is 9.45. The molecule has 1 aromatic carbocycles. The van der Waals surface area contributed by atoms with Crippen LogP contribution in [0.4, 0.5) is 13.2 Å². The Balaban J connectivity index is 2.06. The molecule has 0 aliphatic rings. The second-order valence-electron chi connectivity index (χ2n) is 4.35. The third-order valence-electron chi connectivity index (χ3n) is 2.98. The number of carbonyl (C=O) groups excluding carboxylic acids is 1. The minimum Gasteiger partial charge on any atom is -0.296 e. The van der Waals surface area contributed by atoms with E-state index in [9.17, 15) is 18.0 Å². The number of aldehydes is 1. The minimum absolute atomic E-state index is 0.262. The highest BCUT2D eigenvalue weighted by Gasteiger charge is 2.30. The van der Waals surface area contributed by atoms with Crippen molar-refractivity contribution in [1.29, 1.82) is 0 Å². The number of fused-ring (bicyclic) bond motifs is 1. The van der Waals surface area contributed by atoms with Gasteiger partial charge in [-0.25, -0.2) is 9.50 Å². The van der Waals surface area contributed by atoms with Crippen molar-refractivity contribution in [3.8, 4) is 11.4 Å². The number of carbonyl (C=O) groups is 1. The smallest absolute Gasteiger partial charge is 0.296 e. The molecule has 0 radical (unpaired) electrons. The second-order valence-corrected chi connectivity index (χ2v) is 4.35. The molecule has 0 unspecified atom stereocenters. The van der Waals surface area contributed by atoms with Crippen molar-refractivity contribution in [2.75, 3.05) is 0 Å². The standard InChI is InChI=1S/C14H8F3N3O/c15-14(16,17)10-6-4-9(5-7-10)13-18-12-3-1-2-11(8-21)20(12)19-13/h1-8H. The summed E-state index contributed by atoms with van der Waals surface area (Å²) >= 11 is 0. The van der Waals surface area contributed by atoms with Gasteiger partial charge in [-0.1, -0.05) is 18.2 Å². The Hall–Kier alpha value is -2.70. The van der Waals surface area contributed by atoms with Crippen LogP contribution in [-0.2, 0) is 6.18 Å². The van der Waals surface area contributed by atoms with Crippen LogP contribution in [0.5, 0.6) is 0 Å². The summed E-state index contributed by atoms with van der Waals surface area (Å²) in [5, 5.41) is 4.14. The van der Waals surface area contributed by atoms with E-state index in [2.05, 4.69) is 10.1 Å². The molecule has 3 rings (SSSR count). The van der Waals surface area contributed by atoms with Crippen molar-refractivity contribution in [3.63, 3.8) is 0 Å². The number of hydrogen-bond donors (Lipinski definition) is 0. The predicted molar refractivity (Wildman–Crippen MR) is 68.8 cm³/mol. The van der Waals surface area contributed by atoms with Gasteiger partial charge in [-0.2, -0.15) is 13.2 Å². The van der Waals surface area contributed by atoms with Crippen LogP contribution >= 0.6 is 0 Å². The third kappa shape index (κ3) is 2.37. The lowest BCUT2D eigenvalue weighted by Crippen LogP contribution is -2.04. The zero-order valence-electron chi connectivity index (χ0n) is 10.5. The van der Waals surface area contributed by atoms with Gasteiger partial charge < -0.3 is 0 Å². The maximum absolute atomic E-state index is 12.5. The van der Waals surface area contributed by atoms with E-state index in [1.165, 1.54) is 16.6 Å². The summed E-state index contributed by atoms with van der Waals surface area (Å²) in [7, 11) is 0. The van der Waals surface area contributed by atoms with Crippen LogP contribution in [0.15, 0.2) is 42.5 Å². The van der Waals surface area contributed by atoms with Crippen molar-refractivity contribution >= 4 is 11.9 Å². The fourth-order valence-corrected chi connectivity index (χ4v) is 1.95. The molecule has 0 N–H and O–H groups in total. The van der Waals surface area contributed by atoms with Crippen molar-refractivity contribution in [3.05, 3.63) is 53.7 Å². The molecule has 7 heteroatoms. The van der Waals surface area contributed by atoms with Crippen molar-refractivity contribution in [2.45, 2.75) is 6.18 Å². The fourth-order valence-electron chi connectivity index (χ4n) is 1.95. The lowest BCUT2D eigenvalue weighted by Gasteiger charge is -2.05. The topological polar surface area (TPSA) is 47.3 Å². The molecule has 0 aliphatic heterocycles. The average Bonchev–Trinajstić information content (AvgIpc) is 2.90. The molecule has 106 valence electrons. The maximum Gasteiger partial charge on any atom is 0.416 e. The molecule has 0 spiro atoms. The quantitative estimate of drug-likeness (QED) is 0.681. The number of hydrogen-bond acceptors (Lipinski definition) is 3. The van der Waals surface area contributed by atoms with E-state index >= 15 is 0 Å². The molecule has 0 aliphatic carbocycles. The van der Waals surface area contributed by atoms with Crippen molar-refractivity contribution in [1.82, 2.24) is 14.6 Å². The van der Waals surface area contributed by atoms with Gasteiger partial charge in [-0.05, 0) is 24.3 Å². The van der Waals surface area contributed by atoms with Gasteiger partial charge in [0.15, 0.2) is 17.8 Å². The number of halogens is 3. The van der Waals surface area contributed by atoms with Gasteiger partial charge in [0.2, 0.25) is 0 Å². The Kier molecular flexibility index (Phi) is 2.97. The van der Waals surface area contributed by atoms with E-state index in [0.29, 0.717) is 23.2 Å². The maximum atomic E-state index is 12.5. The molecule has 2 aromatic heterocycles. The lowest BCUT2D eigenvalue weighted by molar-refractivity contribution is -0.137. The first-order valence-corrected chi connectivity index (χ1v) is 5.97. The van der Waals surface area contributed by atoms with Gasteiger partial charge in [-0.15, -0.1) is 5.10 Å². The molecular weight excluding hydrogens is 283 g/mol. The highest BCUT2D eigenvalue weighted by atomic mass is 19.4. The first kappa shape index (κ1) is 13.3. The van der Waals surface area contributed by atoms with Crippen molar-refractivity contribution in [2.24, 2.45) is 0 Å². The summed E-state index contributed by atoms with van der Waals surface area (Å²) in [4.78, 5) is 15.1. The zero-order chi connectivity index (χ0) is 15.0. The van der Waals surface area contributed by atoms with Crippen molar-refractivity contribution < 1.29 is 18.0 Å². The SMILES string of the molecule is O=Cc1cccc2nc(-c3ccc(C(F)(F)F)cc3)nn12. The lowest BCUT2D eigenvalue weighted by atomic mass is 10.1. The Bertz CT molecular complexity index is 806. The summed E-state index contributed by atoms with van der Waals surface area (Å²) < 4.78 is 38.9. The van der Waals surface area contributed by atoms with E-state index in [-0.39, 0.29) is 5.82 Å². The van der Waals surface area contributed by atoms with Crippen LogP contribution in [0, 0.1) is 0 Å². The molecule has 0 atom stereocenters. The number of alkyl halides is 3. The molecule has 0 fully saturated rings. The van der Waals surface area contributed by atoms with E-state index in [0.717, 1.165) is 12.1 Å². The number of aromatic nitrogens is 3. The Morgan fingerprint density at radius 1 is 1.05 bits per heavy atom. The van der Waals surface area contributed by atoms with Gasteiger partial charge in [0.25, 0.3) is 0 Å². The monoisotopic (exact) mass is 291 g/mol. The minimum atomic E-state index is -4.38. The van der Waals surface area contributed by atoms with Gasteiger partial charge in [0.05, 0.1) is 5.56 Å². The van der Waals surface area contributed by atoms with E-state index in [1.54, 1.807) is 18.2 Å². The van der Waals surface area contributed by atoms with Crippen LogP contribution in [0.25, 0.3) is 17.0 Å². The fraction of sp³-hybridized carbons (Fsp3) is 0.0714. The van der Waals surface area contributed by atoms with Crippen LogP contribution in [-0.4, -0.2) is 20.9 Å². The zero-order valence-corrected chi connectivity index (χ0v) is 10.5. The summed E-state index contributed by atoms with van der Waals surface area (Å²) in [6.45, 7) is 0. The van der Waals surface area contributed by atoms with Gasteiger partial charge >= 0.3 is 6.18 Å². The predicted octanol–water partition coefficient (Wildman–Crippen LogP) is 3.23. The summed E-state index contributed by atoms with van der Waals surface area (Å²) in [5.74, 6) is 0.262. The molecule has 2 heterocycles. The van der Waals surface area contributed by atoms with Gasteiger partial charge in [0.1, 0.15) is 5.69 Å². The second kappa shape index (κ2) is 4.69. The van der Waals surface area contributed by atoms with Gasteiger partial charge in [0, 0.05) is 5.56 Å². The highest BCUT2D eigenvalue weighted by molar-refractivity contribution is 5.74. The molecule has 4 nitrogen and oxygen atoms in total. The van der Waals surface area contributed by atoms with Gasteiger partial charge in [-0.3, -0.25) is 4.79 Å². The first-order valence-electron chi connectivity index (χ1n) is 5.97. The molecule has 0 saturated heterocycles. The number of rotatable bonds is 2. The largest absolute Gasteiger partial charge is 0.416 e. The number of nitrogens with zero attached hydrogens (tertiary/aromatic N) is 3. The Morgan fingerprint density at radius 3 is 2.38 bits per heavy atom. The number of benzene rings is 1. The van der Waals surface area contributed by atoms with Crippen LogP contribution in [0.2, 0.25) is 0 Å². The highest BCUT2D eigenvalue weighted by Crippen LogP contribution is 2.30. The molecule has 0 bridgehead atoms. The van der Waals surface area contributed by atoms with E-state index < -0.39 is 11.7 Å². The molecule has 0 amide bonds. The molecule has 21 heavy (non-hydrogen) atoms. The Labute approximate surface area is 116 Å². The Morgan fingerprint density at radius 2 is 1.76 bits per heavy atom. The van der Waals surface area contributed by atoms with Crippen LogP contribution in [0.3, 0.4) is 0 Å². The molecule has 0 saturated carbocycles. The summed E-state index contributed by atoms with van der Waals surface area (Å²) in [6.07, 6.45) is -3.74. The molecule has 3 aromatic rings. The van der Waals surface area contributed by atoms with E-state index in [4.69, 9.17) is 0 Å². The number of pyridine rings is 1. The van der Waals surface area contributed by atoms with Crippen LogP contribution < -0.4 is 0 Å². The van der Waals surface area contributed by atoms with Crippen LogP contribution in [0.1, 0.15) is 16.1 Å². The summed E-state index contributed by atoms with van der Waals surface area (Å²) in [5.41, 5.74) is 0.486. The average molecular weight is 291 g/mol. The molecular formula is C14H8F3N3O. The first-order chi connectivity index (χ1) is 9.99.